The third-order valence-electron chi connectivity index (χ3n) is 7.77. The number of aryl methyl sites for hydroxylation is 1. The lowest BCUT2D eigenvalue weighted by atomic mass is 9.90. The number of hydrogen-bond acceptors (Lipinski definition) is 4. The van der Waals surface area contributed by atoms with Gasteiger partial charge in [0.1, 0.15) is 18.2 Å². The first-order chi connectivity index (χ1) is 18.0. The summed E-state index contributed by atoms with van der Waals surface area (Å²) in [7, 11) is 0. The molecule has 0 saturated carbocycles. The van der Waals surface area contributed by atoms with Gasteiger partial charge in [-0.1, -0.05) is 42.0 Å². The molecule has 1 fully saturated rings. The van der Waals surface area contributed by atoms with E-state index in [0.29, 0.717) is 25.5 Å². The summed E-state index contributed by atoms with van der Waals surface area (Å²) in [6.07, 6.45) is 3.88. The summed E-state index contributed by atoms with van der Waals surface area (Å²) >= 11 is 0. The molecule has 0 aliphatic carbocycles. The van der Waals surface area contributed by atoms with Crippen LogP contribution < -0.4 is 4.74 Å². The Balaban J connectivity index is 1.12. The zero-order chi connectivity index (χ0) is 25.6. The molecule has 3 aromatic rings. The predicted octanol–water partition coefficient (Wildman–Crippen LogP) is 6.40. The highest BCUT2D eigenvalue weighted by Gasteiger charge is 2.22. The molecule has 0 atom stereocenters. The summed E-state index contributed by atoms with van der Waals surface area (Å²) in [5.41, 5.74) is 5.58. The molecule has 1 saturated heterocycles. The molecular formula is C32H37FN2O2. The summed E-state index contributed by atoms with van der Waals surface area (Å²) < 4.78 is 19.2. The number of nitrogens with zero attached hydrogens (tertiary/aromatic N) is 2. The number of rotatable bonds is 8. The van der Waals surface area contributed by atoms with E-state index in [2.05, 4.69) is 41.0 Å². The third-order valence-corrected chi connectivity index (χ3v) is 7.77. The summed E-state index contributed by atoms with van der Waals surface area (Å²) in [6, 6.07) is 21.4. The van der Waals surface area contributed by atoms with E-state index in [4.69, 9.17) is 4.74 Å². The Bertz CT molecular complexity index is 1180. The van der Waals surface area contributed by atoms with E-state index in [1.54, 1.807) is 0 Å². The molecule has 0 N–H and O–H groups in total. The minimum Gasteiger partial charge on any atom is -0.492 e. The molecule has 0 bridgehead atoms. The average Bonchev–Trinajstić information content (AvgIpc) is 3.12. The molecule has 3 aromatic carbocycles. The monoisotopic (exact) mass is 500 g/mol. The van der Waals surface area contributed by atoms with Crippen LogP contribution in [0.15, 0.2) is 66.7 Å². The summed E-state index contributed by atoms with van der Waals surface area (Å²) in [5.74, 6) is 1.48. The van der Waals surface area contributed by atoms with Crippen molar-refractivity contribution in [3.05, 3.63) is 100 Å². The Morgan fingerprint density at radius 1 is 0.892 bits per heavy atom. The number of carbonyl (C=O) groups is 1. The molecular weight excluding hydrogens is 463 g/mol. The van der Waals surface area contributed by atoms with Gasteiger partial charge in [0.2, 0.25) is 0 Å². The van der Waals surface area contributed by atoms with Crippen molar-refractivity contribution in [2.24, 2.45) is 5.92 Å². The average molecular weight is 501 g/mol. The predicted molar refractivity (Wildman–Crippen MR) is 145 cm³/mol. The zero-order valence-electron chi connectivity index (χ0n) is 21.8. The van der Waals surface area contributed by atoms with Crippen molar-refractivity contribution in [1.29, 1.82) is 0 Å². The van der Waals surface area contributed by atoms with Gasteiger partial charge in [0.25, 0.3) is 0 Å². The van der Waals surface area contributed by atoms with Gasteiger partial charge in [-0.3, -0.25) is 14.6 Å². The Morgan fingerprint density at radius 3 is 2.30 bits per heavy atom. The molecule has 0 radical (unpaired) electrons. The molecule has 37 heavy (non-hydrogen) atoms. The Hall–Kier alpha value is -3.02. The van der Waals surface area contributed by atoms with Crippen LogP contribution in [0.3, 0.4) is 0 Å². The van der Waals surface area contributed by atoms with Gasteiger partial charge in [-0.25, -0.2) is 4.39 Å². The lowest BCUT2D eigenvalue weighted by Crippen LogP contribution is -2.33. The van der Waals surface area contributed by atoms with Crippen molar-refractivity contribution >= 4 is 5.78 Å². The highest BCUT2D eigenvalue weighted by Crippen LogP contribution is 2.28. The molecule has 5 heteroatoms. The number of halogens is 1. The lowest BCUT2D eigenvalue weighted by Gasteiger charge is -2.32. The first kappa shape index (κ1) is 25.6. The second kappa shape index (κ2) is 12.0. The van der Waals surface area contributed by atoms with Crippen molar-refractivity contribution in [3.8, 4) is 5.75 Å². The quantitative estimate of drug-likeness (QED) is 0.335. The van der Waals surface area contributed by atoms with Crippen LogP contribution in [0, 0.1) is 18.7 Å². The molecule has 0 spiro atoms. The maximum atomic E-state index is 13.3. The molecule has 2 aliphatic heterocycles. The maximum absolute atomic E-state index is 13.3. The van der Waals surface area contributed by atoms with Crippen LogP contribution in [-0.2, 0) is 19.6 Å². The van der Waals surface area contributed by atoms with Crippen molar-refractivity contribution in [1.82, 2.24) is 9.80 Å². The highest BCUT2D eigenvalue weighted by molar-refractivity contribution is 5.96. The first-order valence-corrected chi connectivity index (χ1v) is 13.6. The van der Waals surface area contributed by atoms with Crippen molar-refractivity contribution in [2.45, 2.75) is 52.2 Å². The molecule has 5 rings (SSSR count). The van der Waals surface area contributed by atoms with Crippen LogP contribution >= 0.6 is 0 Å². The number of piperidine rings is 1. The van der Waals surface area contributed by atoms with E-state index in [9.17, 15) is 9.18 Å². The highest BCUT2D eigenvalue weighted by atomic mass is 19.1. The fraction of sp³-hybridized carbons (Fsp3) is 0.406. The second-order valence-electron chi connectivity index (χ2n) is 10.7. The third kappa shape index (κ3) is 7.06. The zero-order valence-corrected chi connectivity index (χ0v) is 21.8. The smallest absolute Gasteiger partial charge is 0.162 e. The van der Waals surface area contributed by atoms with Gasteiger partial charge in [0.15, 0.2) is 5.78 Å². The van der Waals surface area contributed by atoms with E-state index < -0.39 is 0 Å². The normalized spacial score (nSPS) is 17.1. The minimum absolute atomic E-state index is 0.218. The SMILES string of the molecule is Cc1ccc(CN2CCC(CCC(=O)c3ccc4c(c3)CN(Cc3ccc(F)cc3)CCO4)CC2)cc1. The van der Waals surface area contributed by atoms with Crippen LogP contribution in [-0.4, -0.2) is 41.8 Å². The van der Waals surface area contributed by atoms with Crippen molar-refractivity contribution in [2.75, 3.05) is 26.2 Å². The van der Waals surface area contributed by atoms with E-state index in [0.717, 1.165) is 74.4 Å². The number of fused-ring (bicyclic) bond motifs is 1. The standard InChI is InChI=1S/C32H37FN2O2/c1-24-2-4-26(5-3-24)21-34-16-14-25(15-17-34)8-12-31(36)28-9-13-32-29(20-28)23-35(18-19-37-32)22-27-6-10-30(33)11-7-27/h2-7,9-11,13,20,25H,8,12,14-19,21-23H2,1H3. The molecule has 194 valence electrons. The van der Waals surface area contributed by atoms with Gasteiger partial charge in [0.05, 0.1) is 0 Å². The van der Waals surface area contributed by atoms with Gasteiger partial charge in [-0.05, 0) is 86.7 Å². The molecule has 4 nitrogen and oxygen atoms in total. The van der Waals surface area contributed by atoms with Crippen LogP contribution in [0.1, 0.15) is 58.3 Å². The van der Waals surface area contributed by atoms with Gasteiger partial charge < -0.3 is 4.74 Å². The van der Waals surface area contributed by atoms with Gasteiger partial charge >= 0.3 is 0 Å². The Kier molecular flexibility index (Phi) is 8.32. The number of Topliss-reactive ketones (excluding diaryl/α,β-unsaturated/α-hetero) is 1. The molecule has 0 aromatic heterocycles. The summed E-state index contributed by atoms with van der Waals surface area (Å²) in [6.45, 7) is 8.18. The van der Waals surface area contributed by atoms with Crippen molar-refractivity contribution in [3.63, 3.8) is 0 Å². The molecule has 0 unspecified atom stereocenters. The van der Waals surface area contributed by atoms with Crippen LogP contribution in [0.4, 0.5) is 4.39 Å². The van der Waals surface area contributed by atoms with Gasteiger partial charge in [-0.2, -0.15) is 0 Å². The molecule has 0 amide bonds. The van der Waals surface area contributed by atoms with Crippen molar-refractivity contribution < 1.29 is 13.9 Å². The fourth-order valence-corrected chi connectivity index (χ4v) is 5.47. The van der Waals surface area contributed by atoms with E-state index in [1.807, 2.05) is 30.3 Å². The van der Waals surface area contributed by atoms with E-state index >= 15 is 0 Å². The number of ether oxygens (including phenoxy) is 1. The summed E-state index contributed by atoms with van der Waals surface area (Å²) in [4.78, 5) is 17.9. The van der Waals surface area contributed by atoms with Gasteiger partial charge in [-0.15, -0.1) is 0 Å². The topological polar surface area (TPSA) is 32.8 Å². The minimum atomic E-state index is -0.218. The first-order valence-electron chi connectivity index (χ1n) is 13.6. The molecule has 2 aliphatic rings. The maximum Gasteiger partial charge on any atom is 0.162 e. The largest absolute Gasteiger partial charge is 0.492 e. The molecule has 2 heterocycles. The second-order valence-corrected chi connectivity index (χ2v) is 10.7. The van der Waals surface area contributed by atoms with Crippen LogP contribution in [0.5, 0.6) is 5.75 Å². The summed E-state index contributed by atoms with van der Waals surface area (Å²) in [5, 5.41) is 0. The lowest BCUT2D eigenvalue weighted by molar-refractivity contribution is 0.0961. The van der Waals surface area contributed by atoms with Crippen LogP contribution in [0.25, 0.3) is 0 Å². The van der Waals surface area contributed by atoms with Crippen LogP contribution in [0.2, 0.25) is 0 Å². The number of benzene rings is 3. The number of ketones is 1. The fourth-order valence-electron chi connectivity index (χ4n) is 5.47. The van der Waals surface area contributed by atoms with Gasteiger partial charge in [0, 0.05) is 43.7 Å². The number of hydrogen-bond donors (Lipinski definition) is 0. The Labute approximate surface area is 220 Å². The van der Waals surface area contributed by atoms with E-state index in [-0.39, 0.29) is 11.6 Å². The number of carbonyl (C=O) groups excluding carboxylic acids is 1. The Morgan fingerprint density at radius 2 is 1.57 bits per heavy atom. The van der Waals surface area contributed by atoms with E-state index in [1.165, 1.54) is 23.3 Å². The number of likely N-dealkylation sites (tertiary alicyclic amines) is 1.